The van der Waals surface area contributed by atoms with Crippen LogP contribution >= 0.6 is 0 Å². The first-order valence-corrected chi connectivity index (χ1v) is 8.68. The molecule has 0 spiro atoms. The van der Waals surface area contributed by atoms with Gasteiger partial charge in [-0.25, -0.2) is 9.98 Å². The maximum absolute atomic E-state index is 12.1. The van der Waals surface area contributed by atoms with Crippen LogP contribution in [0.3, 0.4) is 0 Å². The first-order chi connectivity index (χ1) is 12.5. The highest BCUT2D eigenvalue weighted by molar-refractivity contribution is 6.22. The smallest absolute Gasteiger partial charge is 0.229 e. The van der Waals surface area contributed by atoms with E-state index >= 15 is 0 Å². The molecule has 0 unspecified atom stereocenters. The highest BCUT2D eigenvalue weighted by Crippen LogP contribution is 2.36. The molecule has 132 valence electrons. The van der Waals surface area contributed by atoms with E-state index < -0.39 is 0 Å². The van der Waals surface area contributed by atoms with E-state index in [9.17, 15) is 9.59 Å². The zero-order valence-electron chi connectivity index (χ0n) is 14.7. The van der Waals surface area contributed by atoms with Gasteiger partial charge in [0.2, 0.25) is 5.91 Å². The number of anilines is 1. The van der Waals surface area contributed by atoms with Crippen LogP contribution in [0.2, 0.25) is 0 Å². The molecule has 2 aromatic rings. The molecule has 26 heavy (non-hydrogen) atoms. The predicted octanol–water partition coefficient (Wildman–Crippen LogP) is 3.27. The van der Waals surface area contributed by atoms with Crippen LogP contribution in [0.4, 0.5) is 11.5 Å². The summed E-state index contributed by atoms with van der Waals surface area (Å²) in [6.45, 7) is 3.98. The summed E-state index contributed by atoms with van der Waals surface area (Å²) in [4.78, 5) is 31.9. The molecule has 0 bridgehead atoms. The number of nitrogens with one attached hydrogen (secondary N) is 1. The summed E-state index contributed by atoms with van der Waals surface area (Å²) in [5.74, 6) is 1.02. The maximum atomic E-state index is 12.1. The molecule has 1 aliphatic heterocycles. The summed E-state index contributed by atoms with van der Waals surface area (Å²) >= 11 is 0. The first kappa shape index (κ1) is 16.4. The van der Waals surface area contributed by atoms with Crippen molar-refractivity contribution in [1.29, 1.82) is 0 Å². The zero-order chi connectivity index (χ0) is 18.3. The molecule has 1 amide bonds. The lowest BCUT2D eigenvalue weighted by molar-refractivity contribution is -0.135. The normalized spacial score (nSPS) is 15.7. The zero-order valence-corrected chi connectivity index (χ0v) is 14.7. The Morgan fingerprint density at radius 1 is 1.23 bits per heavy atom. The average Bonchev–Trinajstić information content (AvgIpc) is 2.54. The number of aromatic nitrogens is 1. The quantitative estimate of drug-likeness (QED) is 0.766. The van der Waals surface area contributed by atoms with Gasteiger partial charge in [0.1, 0.15) is 17.4 Å². The number of carbonyl (C=O) groups is 2. The van der Waals surface area contributed by atoms with Crippen molar-refractivity contribution < 1.29 is 14.3 Å². The lowest BCUT2D eigenvalue weighted by Gasteiger charge is -2.23. The third-order valence-corrected chi connectivity index (χ3v) is 4.43. The molecule has 0 saturated heterocycles. The highest BCUT2D eigenvalue weighted by Gasteiger charge is 2.33. The molecule has 1 saturated carbocycles. The summed E-state index contributed by atoms with van der Waals surface area (Å²) in [7, 11) is 0. The Bertz CT molecular complexity index is 926. The molecule has 4 rings (SSSR count). The van der Waals surface area contributed by atoms with Gasteiger partial charge in [0.25, 0.3) is 0 Å². The molecule has 0 atom stereocenters. The number of ketones is 1. The Kier molecular flexibility index (Phi) is 4.03. The van der Waals surface area contributed by atoms with E-state index in [0.29, 0.717) is 18.7 Å². The molecule has 1 fully saturated rings. The number of amides is 1. The van der Waals surface area contributed by atoms with E-state index in [1.807, 2.05) is 38.1 Å². The fourth-order valence-electron chi connectivity index (χ4n) is 3.05. The van der Waals surface area contributed by atoms with Gasteiger partial charge >= 0.3 is 0 Å². The van der Waals surface area contributed by atoms with Gasteiger partial charge in [-0.05, 0) is 44.2 Å². The Balaban J connectivity index is 1.51. The molecule has 1 aliphatic carbocycles. The van der Waals surface area contributed by atoms with E-state index in [0.717, 1.165) is 28.3 Å². The molecule has 1 N–H and O–H groups in total. The fraction of sp³-hybridized carbons (Fsp3) is 0.300. The number of aliphatic imine (C=N–C) groups is 1. The summed E-state index contributed by atoms with van der Waals surface area (Å²) in [5, 5.41) is 2.79. The lowest BCUT2D eigenvalue weighted by atomic mass is 9.83. The van der Waals surface area contributed by atoms with Crippen molar-refractivity contribution in [2.24, 2.45) is 10.9 Å². The van der Waals surface area contributed by atoms with Crippen molar-refractivity contribution in [1.82, 2.24) is 4.98 Å². The van der Waals surface area contributed by atoms with Gasteiger partial charge in [-0.15, -0.1) is 0 Å². The van der Waals surface area contributed by atoms with Gasteiger partial charge in [-0.1, -0.05) is 0 Å². The number of carbonyl (C=O) groups excluding carboxylic acids is 2. The van der Waals surface area contributed by atoms with Crippen molar-refractivity contribution in [3.8, 4) is 5.75 Å². The second-order valence-corrected chi connectivity index (χ2v) is 6.87. The topological polar surface area (TPSA) is 80.6 Å². The van der Waals surface area contributed by atoms with E-state index in [-0.39, 0.29) is 23.7 Å². The molecule has 6 heteroatoms. The predicted molar refractivity (Wildman–Crippen MR) is 98.1 cm³/mol. The number of hydrogen-bond acceptors (Lipinski definition) is 5. The van der Waals surface area contributed by atoms with E-state index in [4.69, 9.17) is 4.74 Å². The van der Waals surface area contributed by atoms with Gasteiger partial charge in [0.15, 0.2) is 0 Å². The van der Waals surface area contributed by atoms with E-state index in [2.05, 4.69) is 15.3 Å². The minimum atomic E-state index is -0.231. The van der Waals surface area contributed by atoms with Gasteiger partial charge in [-0.2, -0.15) is 0 Å². The van der Waals surface area contributed by atoms with Crippen LogP contribution in [-0.2, 0) is 9.59 Å². The summed E-state index contributed by atoms with van der Waals surface area (Å²) < 4.78 is 5.75. The van der Waals surface area contributed by atoms with E-state index in [1.54, 1.807) is 12.3 Å². The van der Waals surface area contributed by atoms with Crippen molar-refractivity contribution >= 4 is 28.9 Å². The number of benzene rings is 1. The average molecular weight is 349 g/mol. The molecule has 2 heterocycles. The van der Waals surface area contributed by atoms with Gasteiger partial charge in [0.05, 0.1) is 23.4 Å². The number of hydrogen-bond donors (Lipinski definition) is 1. The molecule has 2 aliphatic rings. The Hall–Kier alpha value is -3.02. The van der Waals surface area contributed by atoms with Gasteiger partial charge in [0, 0.05) is 30.2 Å². The lowest BCUT2D eigenvalue weighted by Crippen LogP contribution is -2.34. The summed E-state index contributed by atoms with van der Waals surface area (Å²) in [6, 6.07) is 9.50. The first-order valence-electron chi connectivity index (χ1n) is 8.68. The van der Waals surface area contributed by atoms with Crippen molar-refractivity contribution in [3.63, 3.8) is 0 Å². The second-order valence-electron chi connectivity index (χ2n) is 6.87. The van der Waals surface area contributed by atoms with Crippen LogP contribution in [0.25, 0.3) is 0 Å². The molecular weight excluding hydrogens is 330 g/mol. The maximum Gasteiger partial charge on any atom is 0.229 e. The molecular formula is C20H19N3O3. The number of rotatable bonds is 5. The van der Waals surface area contributed by atoms with Crippen molar-refractivity contribution in [3.05, 3.63) is 47.7 Å². The number of Topliss-reactive ketones (excluding diaryl/α,β-unsaturated/α-hetero) is 1. The largest absolute Gasteiger partial charge is 0.491 e. The second kappa shape index (κ2) is 6.37. The molecule has 1 aromatic heterocycles. The molecule has 0 radical (unpaired) electrons. The van der Waals surface area contributed by atoms with Crippen LogP contribution in [0.15, 0.2) is 41.5 Å². The van der Waals surface area contributed by atoms with Crippen molar-refractivity contribution in [2.75, 3.05) is 5.32 Å². The van der Waals surface area contributed by atoms with Crippen LogP contribution in [-0.4, -0.2) is 28.5 Å². The fourth-order valence-corrected chi connectivity index (χ4v) is 3.05. The Morgan fingerprint density at radius 2 is 2.04 bits per heavy atom. The van der Waals surface area contributed by atoms with Crippen LogP contribution in [0.5, 0.6) is 5.75 Å². The Morgan fingerprint density at radius 3 is 2.77 bits per heavy atom. The van der Waals surface area contributed by atoms with Gasteiger partial charge < -0.3 is 10.1 Å². The third kappa shape index (κ3) is 3.10. The van der Waals surface area contributed by atoms with Crippen LogP contribution in [0.1, 0.15) is 37.8 Å². The number of ether oxygens (including phenoxy) is 1. The number of fused-ring (bicyclic) bond motifs is 1. The van der Waals surface area contributed by atoms with E-state index in [1.165, 1.54) is 0 Å². The van der Waals surface area contributed by atoms with Gasteiger partial charge in [-0.3, -0.25) is 9.59 Å². The monoisotopic (exact) mass is 349 g/mol. The summed E-state index contributed by atoms with van der Waals surface area (Å²) in [6.07, 6.45) is 2.40. The molecule has 1 aromatic carbocycles. The van der Waals surface area contributed by atoms with Crippen molar-refractivity contribution in [2.45, 2.75) is 32.8 Å². The molecule has 6 nitrogen and oxygen atoms in total. The van der Waals surface area contributed by atoms with Crippen LogP contribution in [0, 0.1) is 5.92 Å². The number of pyridine rings is 1. The van der Waals surface area contributed by atoms with Crippen LogP contribution < -0.4 is 10.1 Å². The minimum absolute atomic E-state index is 0.106. The SMILES string of the molecule is CC(C)Oc1ccc2c(c1)C(c1ccnc(NC(=O)C3CC(=O)C3)c1)=N2. The highest BCUT2D eigenvalue weighted by atomic mass is 16.5. The Labute approximate surface area is 151 Å². The minimum Gasteiger partial charge on any atom is -0.491 e. The number of nitrogens with zero attached hydrogens (tertiary/aromatic N) is 2. The third-order valence-electron chi connectivity index (χ3n) is 4.43. The summed E-state index contributed by atoms with van der Waals surface area (Å²) in [5.41, 5.74) is 3.68. The standard InChI is InChI=1S/C20H19N3O3/c1-11(2)26-15-3-4-17-16(10-15)19(22-17)12-5-6-21-18(9-12)23-20(25)13-7-14(24)8-13/h3-6,9-11,13H,7-8H2,1-2H3,(H,21,23,25).